The molecule has 0 aromatic heterocycles. The van der Waals surface area contributed by atoms with Gasteiger partial charge >= 0.3 is 0 Å². The normalized spacial score (nSPS) is 16.0. The van der Waals surface area contributed by atoms with Crippen LogP contribution in [0.15, 0.2) is 0 Å². The summed E-state index contributed by atoms with van der Waals surface area (Å²) >= 11 is 0. The van der Waals surface area contributed by atoms with E-state index in [0.717, 1.165) is 19.4 Å². The van der Waals surface area contributed by atoms with E-state index >= 15 is 0 Å². The maximum Gasteiger partial charge on any atom is 0.0433 e. The van der Waals surface area contributed by atoms with Crippen molar-refractivity contribution in [1.29, 1.82) is 0 Å². The number of hydrogen-bond acceptors (Lipinski definition) is 2. The van der Waals surface area contributed by atoms with Gasteiger partial charge in [0.1, 0.15) is 0 Å². The summed E-state index contributed by atoms with van der Waals surface area (Å²) in [5.41, 5.74) is 5.53. The summed E-state index contributed by atoms with van der Waals surface area (Å²) < 4.78 is 0. The fourth-order valence-electron chi connectivity index (χ4n) is 1.93. The fourth-order valence-corrected chi connectivity index (χ4v) is 1.93. The van der Waals surface area contributed by atoms with Gasteiger partial charge in [0.05, 0.1) is 0 Å². The van der Waals surface area contributed by atoms with Crippen molar-refractivity contribution in [3.63, 3.8) is 0 Å². The predicted molar refractivity (Wildman–Crippen MR) is 52.9 cm³/mol. The van der Waals surface area contributed by atoms with Crippen molar-refractivity contribution in [3.05, 3.63) is 0 Å². The highest BCUT2D eigenvalue weighted by Gasteiger charge is 2.16. The highest BCUT2D eigenvalue weighted by Crippen LogP contribution is 2.24. The van der Waals surface area contributed by atoms with Gasteiger partial charge in [0, 0.05) is 6.61 Å². The lowest BCUT2D eigenvalue weighted by Gasteiger charge is -2.23. The van der Waals surface area contributed by atoms with Crippen LogP contribution < -0.4 is 5.73 Å². The Labute approximate surface area is 76.2 Å². The van der Waals surface area contributed by atoms with Crippen molar-refractivity contribution >= 4 is 0 Å². The Bertz CT molecular complexity index is 83.8. The van der Waals surface area contributed by atoms with Crippen LogP contribution in [0.3, 0.4) is 0 Å². The largest absolute Gasteiger partial charge is 0.396 e. The molecule has 0 rings (SSSR count). The number of aliphatic hydroxyl groups excluding tert-OH is 1. The Morgan fingerprint density at radius 3 is 1.92 bits per heavy atom. The second-order valence-electron chi connectivity index (χ2n) is 3.43. The summed E-state index contributed by atoms with van der Waals surface area (Å²) in [7, 11) is 0. The molecule has 0 radical (unpaired) electrons. The van der Waals surface area contributed by atoms with Crippen molar-refractivity contribution in [2.75, 3.05) is 13.2 Å². The Kier molecular flexibility index (Phi) is 7.51. The smallest absolute Gasteiger partial charge is 0.0433 e. The zero-order valence-corrected chi connectivity index (χ0v) is 8.42. The van der Waals surface area contributed by atoms with E-state index < -0.39 is 0 Å². The van der Waals surface area contributed by atoms with Crippen molar-refractivity contribution in [2.24, 2.45) is 17.6 Å². The van der Waals surface area contributed by atoms with Gasteiger partial charge in [0.15, 0.2) is 0 Å². The molecule has 0 fully saturated rings. The number of rotatable bonds is 7. The molecule has 0 amide bonds. The third-order valence-corrected chi connectivity index (χ3v) is 2.75. The Morgan fingerprint density at radius 1 is 1.08 bits per heavy atom. The van der Waals surface area contributed by atoms with E-state index in [0.29, 0.717) is 18.4 Å². The van der Waals surface area contributed by atoms with Crippen LogP contribution in [0.4, 0.5) is 0 Å². The Hall–Kier alpha value is -0.0800. The van der Waals surface area contributed by atoms with E-state index in [4.69, 9.17) is 10.8 Å². The van der Waals surface area contributed by atoms with E-state index in [2.05, 4.69) is 13.8 Å². The maximum atomic E-state index is 8.85. The molecule has 0 spiro atoms. The quantitative estimate of drug-likeness (QED) is 0.616. The molecule has 0 aliphatic heterocycles. The molecule has 0 aliphatic carbocycles. The fraction of sp³-hybridized carbons (Fsp3) is 1.00. The van der Waals surface area contributed by atoms with Gasteiger partial charge in [-0.1, -0.05) is 26.7 Å². The van der Waals surface area contributed by atoms with Crippen molar-refractivity contribution in [3.8, 4) is 0 Å². The molecule has 0 bridgehead atoms. The lowest BCUT2D eigenvalue weighted by atomic mass is 9.83. The van der Waals surface area contributed by atoms with Crippen LogP contribution in [0.25, 0.3) is 0 Å². The minimum Gasteiger partial charge on any atom is -0.396 e. The first kappa shape index (κ1) is 11.9. The first-order valence-corrected chi connectivity index (χ1v) is 5.11. The van der Waals surface area contributed by atoms with E-state index in [-0.39, 0.29) is 0 Å². The van der Waals surface area contributed by atoms with Gasteiger partial charge in [-0.15, -0.1) is 0 Å². The SMILES string of the molecule is CCC(CCN)C(CC)CCO. The number of nitrogens with two attached hydrogens (primary N) is 1. The molecule has 3 N–H and O–H groups in total. The molecule has 0 aliphatic rings. The molecule has 2 unspecified atom stereocenters. The molecule has 0 aromatic carbocycles. The molecule has 74 valence electrons. The van der Waals surface area contributed by atoms with E-state index in [1.165, 1.54) is 12.8 Å². The second-order valence-corrected chi connectivity index (χ2v) is 3.43. The first-order valence-electron chi connectivity index (χ1n) is 5.11. The monoisotopic (exact) mass is 173 g/mol. The van der Waals surface area contributed by atoms with Crippen LogP contribution in [0.1, 0.15) is 39.5 Å². The average molecular weight is 173 g/mol. The van der Waals surface area contributed by atoms with Crippen molar-refractivity contribution < 1.29 is 5.11 Å². The molecule has 12 heavy (non-hydrogen) atoms. The van der Waals surface area contributed by atoms with Gasteiger partial charge in [-0.25, -0.2) is 0 Å². The lowest BCUT2D eigenvalue weighted by molar-refractivity contribution is 0.205. The molecule has 0 saturated heterocycles. The average Bonchev–Trinajstić information content (AvgIpc) is 2.11. The van der Waals surface area contributed by atoms with Gasteiger partial charge in [-0.05, 0) is 31.2 Å². The minimum atomic E-state index is 0.319. The molecule has 2 atom stereocenters. The van der Waals surface area contributed by atoms with Gasteiger partial charge in [-0.2, -0.15) is 0 Å². The number of aliphatic hydroxyl groups is 1. The summed E-state index contributed by atoms with van der Waals surface area (Å²) in [6.45, 7) is 5.50. The van der Waals surface area contributed by atoms with Crippen LogP contribution in [0, 0.1) is 11.8 Å². The molecule has 2 nitrogen and oxygen atoms in total. The third kappa shape index (κ3) is 4.07. The van der Waals surface area contributed by atoms with Gasteiger partial charge in [0.25, 0.3) is 0 Å². The molecule has 0 aromatic rings. The molecular weight excluding hydrogens is 150 g/mol. The van der Waals surface area contributed by atoms with Crippen LogP contribution >= 0.6 is 0 Å². The first-order chi connectivity index (χ1) is 5.79. The van der Waals surface area contributed by atoms with Crippen LogP contribution in [-0.4, -0.2) is 18.3 Å². The predicted octanol–water partition coefficient (Wildman–Crippen LogP) is 1.77. The van der Waals surface area contributed by atoms with Gasteiger partial charge in [0.2, 0.25) is 0 Å². The van der Waals surface area contributed by atoms with E-state index in [1.807, 2.05) is 0 Å². The van der Waals surface area contributed by atoms with Gasteiger partial charge < -0.3 is 10.8 Å². The standard InChI is InChI=1S/C10H23NO/c1-3-9(5-7-11)10(4-2)6-8-12/h9-10,12H,3-8,11H2,1-2H3. The number of hydrogen-bond donors (Lipinski definition) is 2. The van der Waals surface area contributed by atoms with Crippen molar-refractivity contribution in [2.45, 2.75) is 39.5 Å². The zero-order chi connectivity index (χ0) is 9.40. The van der Waals surface area contributed by atoms with Crippen molar-refractivity contribution in [1.82, 2.24) is 0 Å². The summed E-state index contributed by atoms with van der Waals surface area (Å²) in [6.07, 6.45) is 4.40. The molecular formula is C10H23NO. The molecule has 0 saturated carbocycles. The molecule has 2 heteroatoms. The van der Waals surface area contributed by atoms with Crippen LogP contribution in [0.5, 0.6) is 0 Å². The summed E-state index contributed by atoms with van der Waals surface area (Å²) in [5.74, 6) is 1.38. The maximum absolute atomic E-state index is 8.85. The van der Waals surface area contributed by atoms with E-state index in [9.17, 15) is 0 Å². The Balaban J connectivity index is 3.84. The second kappa shape index (κ2) is 7.56. The van der Waals surface area contributed by atoms with Crippen LogP contribution in [-0.2, 0) is 0 Å². The van der Waals surface area contributed by atoms with E-state index in [1.54, 1.807) is 0 Å². The zero-order valence-electron chi connectivity index (χ0n) is 8.42. The van der Waals surface area contributed by atoms with Crippen LogP contribution in [0.2, 0.25) is 0 Å². The summed E-state index contributed by atoms with van der Waals surface area (Å²) in [5, 5.41) is 8.85. The highest BCUT2D eigenvalue weighted by atomic mass is 16.3. The lowest BCUT2D eigenvalue weighted by Crippen LogP contribution is -2.18. The highest BCUT2D eigenvalue weighted by molar-refractivity contribution is 4.68. The topological polar surface area (TPSA) is 46.2 Å². The molecule has 0 heterocycles. The van der Waals surface area contributed by atoms with Gasteiger partial charge in [-0.3, -0.25) is 0 Å². The third-order valence-electron chi connectivity index (χ3n) is 2.75. The summed E-state index contributed by atoms with van der Waals surface area (Å²) in [6, 6.07) is 0. The Morgan fingerprint density at radius 2 is 1.58 bits per heavy atom. The summed E-state index contributed by atoms with van der Waals surface area (Å²) in [4.78, 5) is 0. The minimum absolute atomic E-state index is 0.319.